The predicted molar refractivity (Wildman–Crippen MR) is 62.1 cm³/mol. The van der Waals surface area contributed by atoms with Crippen LogP contribution in [0.2, 0.25) is 0 Å². The largest absolute Gasteiger partial charge is 1.00 e. The molecule has 3 nitrogen and oxygen atoms in total. The third-order valence-electron chi connectivity index (χ3n) is 1.82. The van der Waals surface area contributed by atoms with E-state index in [9.17, 15) is 0 Å². The van der Waals surface area contributed by atoms with E-state index in [4.69, 9.17) is 17.4 Å². The average Bonchev–Trinajstić information content (AvgIpc) is 2.66. The summed E-state index contributed by atoms with van der Waals surface area (Å²) in [5.41, 5.74) is 0.952. The second-order valence-electron chi connectivity index (χ2n) is 2.80. The SMILES string of the molecule is CCOc1ccccc1-c1nnc([S-])s1.[K+]. The zero-order chi connectivity index (χ0) is 10.7. The number of hydrogen-bond acceptors (Lipinski definition) is 5. The molecule has 78 valence electrons. The molecular formula is C10H9KN2OS2. The molecule has 0 radical (unpaired) electrons. The molecule has 0 aliphatic rings. The number of benzene rings is 1. The zero-order valence-electron chi connectivity index (χ0n) is 9.14. The Labute approximate surface area is 146 Å². The van der Waals surface area contributed by atoms with E-state index in [2.05, 4.69) is 10.2 Å². The molecule has 0 saturated heterocycles. The summed E-state index contributed by atoms with van der Waals surface area (Å²) < 4.78 is 6.06. The van der Waals surface area contributed by atoms with Gasteiger partial charge in [-0.25, -0.2) is 0 Å². The van der Waals surface area contributed by atoms with Gasteiger partial charge in [0.2, 0.25) is 0 Å². The smallest absolute Gasteiger partial charge is 0.493 e. The van der Waals surface area contributed by atoms with Crippen LogP contribution in [0.1, 0.15) is 6.92 Å². The maximum absolute atomic E-state index is 5.51. The van der Waals surface area contributed by atoms with E-state index < -0.39 is 0 Å². The van der Waals surface area contributed by atoms with Crippen molar-refractivity contribution in [3.8, 4) is 16.3 Å². The first-order valence-electron chi connectivity index (χ1n) is 4.54. The first kappa shape index (κ1) is 14.5. The minimum absolute atomic E-state index is 0. The molecule has 6 heteroatoms. The third kappa shape index (κ3) is 3.46. The summed E-state index contributed by atoms with van der Waals surface area (Å²) in [4.78, 5) is 0. The predicted octanol–water partition coefficient (Wildman–Crippen LogP) is -0.486. The van der Waals surface area contributed by atoms with Gasteiger partial charge in [-0.15, -0.1) is 0 Å². The Bertz CT molecular complexity index is 462. The fourth-order valence-electron chi connectivity index (χ4n) is 1.24. The molecule has 1 aromatic carbocycles. The summed E-state index contributed by atoms with van der Waals surface area (Å²) in [6, 6.07) is 7.76. The minimum atomic E-state index is 0. The molecule has 0 saturated carbocycles. The van der Waals surface area contributed by atoms with Crippen LogP contribution in [0.25, 0.3) is 10.6 Å². The van der Waals surface area contributed by atoms with Crippen molar-refractivity contribution < 1.29 is 56.1 Å². The van der Waals surface area contributed by atoms with Crippen LogP contribution in [-0.2, 0) is 12.6 Å². The molecule has 0 aliphatic carbocycles. The van der Waals surface area contributed by atoms with Gasteiger partial charge in [0.05, 0.1) is 11.6 Å². The van der Waals surface area contributed by atoms with E-state index in [1.807, 2.05) is 31.2 Å². The monoisotopic (exact) mass is 276 g/mol. The van der Waals surface area contributed by atoms with Crippen molar-refractivity contribution in [2.75, 3.05) is 6.61 Å². The van der Waals surface area contributed by atoms with Gasteiger partial charge in [-0.1, -0.05) is 12.1 Å². The molecule has 2 rings (SSSR count). The Morgan fingerprint density at radius 3 is 2.69 bits per heavy atom. The topological polar surface area (TPSA) is 35.0 Å². The van der Waals surface area contributed by atoms with E-state index in [0.29, 0.717) is 10.9 Å². The Kier molecular flexibility index (Phi) is 6.34. The summed E-state index contributed by atoms with van der Waals surface area (Å²) in [5, 5.41) is 8.64. The summed E-state index contributed by atoms with van der Waals surface area (Å²) in [6.45, 7) is 2.59. The maximum Gasteiger partial charge on any atom is 1.00 e. The molecule has 1 aromatic heterocycles. The van der Waals surface area contributed by atoms with Crippen LogP contribution in [0.4, 0.5) is 0 Å². The van der Waals surface area contributed by atoms with Crippen molar-refractivity contribution in [3.05, 3.63) is 24.3 Å². The molecule has 0 aliphatic heterocycles. The van der Waals surface area contributed by atoms with Gasteiger partial charge in [0.25, 0.3) is 0 Å². The minimum Gasteiger partial charge on any atom is -0.493 e. The van der Waals surface area contributed by atoms with E-state index in [1.165, 1.54) is 11.3 Å². The van der Waals surface area contributed by atoms with E-state index in [0.717, 1.165) is 16.3 Å². The standard InChI is InChI=1S/C10H10N2OS2.K/c1-2-13-8-6-4-3-5-7(8)9-11-12-10(14)15-9;/h3-6H,2H2,1H3,(H,12,14);/q;+1/p-1. The summed E-state index contributed by atoms with van der Waals surface area (Å²) in [7, 11) is 0. The molecule has 0 N–H and O–H groups in total. The summed E-state index contributed by atoms with van der Waals surface area (Å²) >= 11 is 6.34. The van der Waals surface area contributed by atoms with Gasteiger partial charge in [-0.2, -0.15) is 10.2 Å². The first-order valence-corrected chi connectivity index (χ1v) is 5.76. The van der Waals surface area contributed by atoms with Gasteiger partial charge in [0.15, 0.2) is 0 Å². The molecule has 0 fully saturated rings. The van der Waals surface area contributed by atoms with Crippen molar-refractivity contribution in [1.82, 2.24) is 10.2 Å². The molecule has 0 amide bonds. The van der Waals surface area contributed by atoms with Crippen LogP contribution >= 0.6 is 11.3 Å². The normalized spacial score (nSPS) is 9.56. The van der Waals surface area contributed by atoms with Gasteiger partial charge < -0.3 is 28.7 Å². The van der Waals surface area contributed by atoms with Crippen molar-refractivity contribution in [2.45, 2.75) is 11.3 Å². The van der Waals surface area contributed by atoms with Gasteiger partial charge in [0.1, 0.15) is 5.75 Å². The zero-order valence-corrected chi connectivity index (χ0v) is 13.9. The van der Waals surface area contributed by atoms with E-state index in [1.54, 1.807) is 0 Å². The van der Waals surface area contributed by atoms with Crippen LogP contribution in [0, 0.1) is 0 Å². The van der Waals surface area contributed by atoms with Crippen LogP contribution < -0.4 is 56.1 Å². The fraction of sp³-hybridized carbons (Fsp3) is 0.200. The van der Waals surface area contributed by atoms with E-state index >= 15 is 0 Å². The Hall–Kier alpha value is 0.436. The van der Waals surface area contributed by atoms with Crippen molar-refractivity contribution >= 4 is 24.0 Å². The average molecular weight is 276 g/mol. The van der Waals surface area contributed by atoms with Crippen molar-refractivity contribution in [1.29, 1.82) is 0 Å². The van der Waals surface area contributed by atoms with E-state index in [-0.39, 0.29) is 51.4 Å². The van der Waals surface area contributed by atoms with Crippen LogP contribution in [0.15, 0.2) is 28.6 Å². The number of para-hydroxylation sites is 1. The maximum atomic E-state index is 5.51. The number of hydrogen-bond donors (Lipinski definition) is 0. The number of nitrogens with zero attached hydrogens (tertiary/aromatic N) is 2. The van der Waals surface area contributed by atoms with Gasteiger partial charge in [-0.05, 0) is 23.4 Å². The fourth-order valence-corrected chi connectivity index (χ4v) is 2.13. The Balaban J connectivity index is 0.00000128. The summed E-state index contributed by atoms with van der Waals surface area (Å²) in [5.74, 6) is 0.825. The molecule has 0 bridgehead atoms. The van der Waals surface area contributed by atoms with Gasteiger partial charge >= 0.3 is 51.4 Å². The van der Waals surface area contributed by atoms with Crippen LogP contribution in [0.3, 0.4) is 0 Å². The molecule has 0 spiro atoms. The molecule has 2 aromatic rings. The Morgan fingerprint density at radius 1 is 1.31 bits per heavy atom. The molecule has 0 atom stereocenters. The second kappa shape index (κ2) is 7.00. The van der Waals surface area contributed by atoms with Crippen LogP contribution in [0.5, 0.6) is 5.75 Å². The number of ether oxygens (including phenoxy) is 1. The summed E-state index contributed by atoms with van der Waals surface area (Å²) in [6.07, 6.45) is 0. The van der Waals surface area contributed by atoms with Gasteiger partial charge in [-0.3, -0.25) is 0 Å². The third-order valence-corrected chi connectivity index (χ3v) is 2.91. The molecule has 16 heavy (non-hydrogen) atoms. The quantitative estimate of drug-likeness (QED) is 0.560. The van der Waals surface area contributed by atoms with Crippen molar-refractivity contribution in [3.63, 3.8) is 0 Å². The number of aromatic nitrogens is 2. The number of rotatable bonds is 3. The van der Waals surface area contributed by atoms with Crippen LogP contribution in [-0.4, -0.2) is 16.8 Å². The molecule has 0 unspecified atom stereocenters. The van der Waals surface area contributed by atoms with Crippen molar-refractivity contribution in [2.24, 2.45) is 0 Å². The first-order chi connectivity index (χ1) is 7.31. The molecular weight excluding hydrogens is 267 g/mol. The Morgan fingerprint density at radius 2 is 2.06 bits per heavy atom. The van der Waals surface area contributed by atoms with Gasteiger partial charge in [0, 0.05) is 5.56 Å². The molecule has 1 heterocycles. The second-order valence-corrected chi connectivity index (χ2v) is 4.42.